The van der Waals surface area contributed by atoms with Crippen LogP contribution in [0.2, 0.25) is 0 Å². The molecule has 2 aromatic carbocycles. The second-order valence-electron chi connectivity index (χ2n) is 14.5. The molecule has 1 N–H and O–H groups in total. The molecule has 7 nitrogen and oxygen atoms in total. The number of anilines is 1. The molecular weight excluding hydrogens is 622 g/mol. The molecule has 7 rings (SSSR count). The minimum atomic E-state index is -4.33. The van der Waals surface area contributed by atoms with E-state index in [1.54, 1.807) is 18.2 Å². The molecule has 2 aliphatic heterocycles. The first kappa shape index (κ1) is 32.9. The summed E-state index contributed by atoms with van der Waals surface area (Å²) in [5.41, 5.74) is 0.108. The summed E-state index contributed by atoms with van der Waals surface area (Å²) in [5, 5.41) is 3.28. The Morgan fingerprint density at radius 1 is 1.06 bits per heavy atom. The number of methoxy groups -OCH3 is 1. The number of nitrogens with one attached hydrogen (secondary N) is 1. The second-order valence-corrected chi connectivity index (χ2v) is 14.5. The van der Waals surface area contributed by atoms with E-state index >= 15 is 4.39 Å². The van der Waals surface area contributed by atoms with Gasteiger partial charge in [-0.2, -0.15) is 13.2 Å². The van der Waals surface area contributed by atoms with Gasteiger partial charge in [-0.1, -0.05) is 25.5 Å². The van der Waals surface area contributed by atoms with Gasteiger partial charge in [0.2, 0.25) is 0 Å². The Morgan fingerprint density at radius 2 is 1.81 bits per heavy atom. The maximum atomic E-state index is 15.2. The van der Waals surface area contributed by atoms with E-state index in [9.17, 15) is 18.0 Å². The number of aromatic nitrogens is 2. The topological polar surface area (TPSA) is 62.6 Å². The van der Waals surface area contributed by atoms with Gasteiger partial charge in [0.15, 0.2) is 0 Å². The van der Waals surface area contributed by atoms with Gasteiger partial charge in [-0.05, 0) is 93.1 Å². The molecule has 258 valence electrons. The van der Waals surface area contributed by atoms with Gasteiger partial charge in [-0.25, -0.2) is 14.2 Å². The van der Waals surface area contributed by atoms with E-state index in [0.717, 1.165) is 107 Å². The van der Waals surface area contributed by atoms with E-state index in [-0.39, 0.29) is 17.2 Å². The van der Waals surface area contributed by atoms with Crippen LogP contribution in [0.3, 0.4) is 0 Å². The van der Waals surface area contributed by atoms with E-state index in [1.165, 1.54) is 13.2 Å². The van der Waals surface area contributed by atoms with Crippen LogP contribution in [0.15, 0.2) is 60.9 Å². The van der Waals surface area contributed by atoms with Gasteiger partial charge in [-0.3, -0.25) is 0 Å². The van der Waals surface area contributed by atoms with Crippen molar-refractivity contribution in [2.75, 3.05) is 44.7 Å². The lowest BCUT2D eigenvalue weighted by molar-refractivity contribution is -0.137. The maximum Gasteiger partial charge on any atom is 0.416 e. The number of alkyl halides is 3. The first-order valence-electron chi connectivity index (χ1n) is 17.3. The van der Waals surface area contributed by atoms with Crippen molar-refractivity contribution in [1.82, 2.24) is 19.8 Å². The van der Waals surface area contributed by atoms with Gasteiger partial charge in [0.1, 0.15) is 11.6 Å². The minimum Gasteiger partial charge on any atom is -0.453 e. The summed E-state index contributed by atoms with van der Waals surface area (Å²) in [6.45, 7) is 7.19. The van der Waals surface area contributed by atoms with Crippen molar-refractivity contribution in [3.05, 3.63) is 83.7 Å². The molecule has 0 radical (unpaired) electrons. The molecule has 3 heterocycles. The third kappa shape index (κ3) is 5.55. The van der Waals surface area contributed by atoms with Crippen molar-refractivity contribution in [2.24, 2.45) is 17.3 Å². The van der Waals surface area contributed by atoms with Gasteiger partial charge in [0.25, 0.3) is 0 Å². The number of halogens is 4. The van der Waals surface area contributed by atoms with Crippen LogP contribution in [0.25, 0.3) is 0 Å². The predicted molar refractivity (Wildman–Crippen MR) is 175 cm³/mol. The summed E-state index contributed by atoms with van der Waals surface area (Å²) >= 11 is 0. The quantitative estimate of drug-likeness (QED) is 0.235. The molecule has 0 bridgehead atoms. The fraction of sp³-hybridized carbons (Fsp3) is 0.568. The van der Waals surface area contributed by atoms with Crippen LogP contribution >= 0.6 is 0 Å². The molecule has 3 aromatic rings. The zero-order chi connectivity index (χ0) is 33.7. The Kier molecular flexibility index (Phi) is 8.49. The summed E-state index contributed by atoms with van der Waals surface area (Å²) in [6, 6.07) is 12.6. The fourth-order valence-corrected chi connectivity index (χ4v) is 9.94. The number of carbonyl (C=O) groups excluding carboxylic acids is 1. The van der Waals surface area contributed by atoms with Crippen LogP contribution in [0, 0.1) is 23.1 Å². The van der Waals surface area contributed by atoms with Crippen LogP contribution in [0.4, 0.5) is 28.0 Å². The molecule has 1 amide bonds. The van der Waals surface area contributed by atoms with Gasteiger partial charge in [-0.15, -0.1) is 0 Å². The first-order chi connectivity index (χ1) is 23.0. The van der Waals surface area contributed by atoms with Crippen LogP contribution in [0.5, 0.6) is 0 Å². The molecule has 11 heteroatoms. The highest BCUT2D eigenvalue weighted by atomic mass is 19.4. The van der Waals surface area contributed by atoms with Gasteiger partial charge >= 0.3 is 12.3 Å². The summed E-state index contributed by atoms with van der Waals surface area (Å²) < 4.78 is 61.6. The lowest BCUT2D eigenvalue weighted by Crippen LogP contribution is -2.56. The van der Waals surface area contributed by atoms with Crippen LogP contribution in [-0.4, -0.2) is 65.9 Å². The number of amides is 1. The van der Waals surface area contributed by atoms with Crippen molar-refractivity contribution < 1.29 is 27.1 Å². The standard InChI is InChI=1S/C37H45F4N5O2/c1-3-32-42-16-19-45(32)25-36(29-6-4-7-30(38)20-29,34-14-5-15-35(34,24-34)43-33(47)48-2)27-12-17-44(18-13-27)21-26-22-46(23-26)31-10-8-28(9-11-31)37(39,40)41/h4,6-11,16,19-20,26-27H,3,5,12-15,17-18,21-25H2,1-2H3,(H,43,47)/t34-,35+,36+/m1/s1. The number of carbonyl (C=O) groups is 1. The smallest absolute Gasteiger partial charge is 0.416 e. The predicted octanol–water partition coefficient (Wildman–Crippen LogP) is 7.06. The Morgan fingerprint density at radius 3 is 2.48 bits per heavy atom. The number of hydrogen-bond acceptors (Lipinski definition) is 5. The number of ether oxygens (including phenoxy) is 1. The molecule has 4 aliphatic rings. The molecule has 4 fully saturated rings. The summed E-state index contributed by atoms with van der Waals surface area (Å²) in [4.78, 5) is 22.1. The zero-order valence-electron chi connectivity index (χ0n) is 27.7. The van der Waals surface area contributed by atoms with E-state index in [4.69, 9.17) is 4.74 Å². The lowest BCUT2D eigenvalue weighted by Gasteiger charge is -2.52. The number of hydrogen-bond donors (Lipinski definition) is 1. The first-order valence-corrected chi connectivity index (χ1v) is 17.3. The number of aryl methyl sites for hydroxylation is 1. The van der Waals surface area contributed by atoms with Gasteiger partial charge in [0, 0.05) is 67.4 Å². The minimum absolute atomic E-state index is 0.243. The van der Waals surface area contributed by atoms with Crippen molar-refractivity contribution >= 4 is 11.8 Å². The van der Waals surface area contributed by atoms with Crippen LogP contribution in [0.1, 0.15) is 62.4 Å². The summed E-state index contributed by atoms with van der Waals surface area (Å²) in [6.07, 6.45) is 5.47. The van der Waals surface area contributed by atoms with E-state index in [1.807, 2.05) is 18.5 Å². The van der Waals surface area contributed by atoms with Gasteiger partial charge in [0.05, 0.1) is 18.2 Å². The average molecular weight is 668 g/mol. The number of rotatable bonds is 10. The molecule has 2 saturated carbocycles. The van der Waals surface area contributed by atoms with E-state index in [0.29, 0.717) is 12.5 Å². The highest BCUT2D eigenvalue weighted by Crippen LogP contribution is 2.77. The second kappa shape index (κ2) is 12.4. The lowest BCUT2D eigenvalue weighted by atomic mass is 9.56. The number of imidazole rings is 1. The Bertz CT molecular complexity index is 1610. The van der Waals surface area contributed by atoms with Crippen LogP contribution < -0.4 is 10.2 Å². The number of nitrogens with zero attached hydrogens (tertiary/aromatic N) is 4. The highest BCUT2D eigenvalue weighted by Gasteiger charge is 2.79. The Balaban J connectivity index is 1.13. The number of piperidine rings is 1. The Labute approximate surface area is 279 Å². The monoisotopic (exact) mass is 667 g/mol. The summed E-state index contributed by atoms with van der Waals surface area (Å²) in [5.74, 6) is 1.44. The maximum absolute atomic E-state index is 15.2. The molecule has 2 aliphatic carbocycles. The highest BCUT2D eigenvalue weighted by molar-refractivity contribution is 5.70. The molecule has 3 atom stereocenters. The molecule has 0 unspecified atom stereocenters. The molecule has 1 aromatic heterocycles. The van der Waals surface area contributed by atoms with E-state index in [2.05, 4.69) is 37.7 Å². The van der Waals surface area contributed by atoms with Crippen molar-refractivity contribution in [2.45, 2.75) is 75.5 Å². The van der Waals surface area contributed by atoms with Crippen LogP contribution in [-0.2, 0) is 29.3 Å². The number of alkyl carbamates (subject to hydrolysis) is 1. The molecular formula is C37H45F4N5O2. The van der Waals surface area contributed by atoms with E-state index < -0.39 is 28.8 Å². The zero-order valence-corrected chi connectivity index (χ0v) is 27.7. The molecule has 0 spiro atoms. The van der Waals surface area contributed by atoms with Crippen molar-refractivity contribution in [3.63, 3.8) is 0 Å². The SMILES string of the molecule is CCc1nccn1C[C@@](c1cccc(F)c1)(C1CCN(CC2CN(c3ccc(C(F)(F)F)cc3)C2)CC1)[C@@]12CCC[C@]1(NC(=O)OC)C2. The largest absolute Gasteiger partial charge is 0.453 e. The third-order valence-corrected chi connectivity index (χ3v) is 12.2. The summed E-state index contributed by atoms with van der Waals surface area (Å²) in [7, 11) is 1.41. The molecule has 2 saturated heterocycles. The van der Waals surface area contributed by atoms with Crippen molar-refractivity contribution in [1.29, 1.82) is 0 Å². The third-order valence-electron chi connectivity index (χ3n) is 12.2. The average Bonchev–Trinajstić information content (AvgIpc) is 3.31. The number of fused-ring (bicyclic) bond motifs is 1. The number of likely N-dealkylation sites (tertiary alicyclic amines) is 1. The normalized spacial score (nSPS) is 26.1. The Hall–Kier alpha value is -3.60. The van der Waals surface area contributed by atoms with Crippen molar-refractivity contribution in [3.8, 4) is 0 Å². The number of benzene rings is 2. The fourth-order valence-electron chi connectivity index (χ4n) is 9.94. The molecule has 48 heavy (non-hydrogen) atoms. The van der Waals surface area contributed by atoms with Gasteiger partial charge < -0.3 is 24.4 Å².